The van der Waals surface area contributed by atoms with Gasteiger partial charge in [0.2, 0.25) is 0 Å². The molecule has 1 atom stereocenters. The second-order valence-electron chi connectivity index (χ2n) is 4.16. The number of hydrogen-bond donors (Lipinski definition) is 2. The maximum Gasteiger partial charge on any atom is 0.119 e. The van der Waals surface area contributed by atoms with Gasteiger partial charge in [0, 0.05) is 6.61 Å². The molecule has 0 spiro atoms. The van der Waals surface area contributed by atoms with Crippen LogP contribution in [0, 0.1) is 0 Å². The average Bonchev–Trinajstić information content (AvgIpc) is 2.35. The Labute approximate surface area is 103 Å². The van der Waals surface area contributed by atoms with E-state index >= 15 is 0 Å². The molecule has 3 heteroatoms. The largest absolute Gasteiger partial charge is 0.494 e. The summed E-state index contributed by atoms with van der Waals surface area (Å²) < 4.78 is 5.55. The number of aliphatic hydroxyl groups is 2. The van der Waals surface area contributed by atoms with E-state index in [4.69, 9.17) is 9.84 Å². The Morgan fingerprint density at radius 3 is 2.82 bits per heavy atom. The molecule has 0 radical (unpaired) electrons. The molecule has 0 bridgehead atoms. The van der Waals surface area contributed by atoms with Gasteiger partial charge in [-0.25, -0.2) is 0 Å². The molecule has 1 rings (SSSR count). The van der Waals surface area contributed by atoms with Crippen molar-refractivity contribution in [1.29, 1.82) is 0 Å². The Morgan fingerprint density at radius 1 is 1.29 bits per heavy atom. The summed E-state index contributed by atoms with van der Waals surface area (Å²) in [5.41, 5.74) is 0.909. The number of rotatable bonds is 8. The first-order valence-electron chi connectivity index (χ1n) is 6.29. The minimum Gasteiger partial charge on any atom is -0.494 e. The highest BCUT2D eigenvalue weighted by molar-refractivity contribution is 5.29. The summed E-state index contributed by atoms with van der Waals surface area (Å²) in [6.45, 7) is 2.87. The molecule has 17 heavy (non-hydrogen) atoms. The standard InChI is InChI=1S/C14H22O3/c1-2-6-14(16)12-7-5-8-13(11-12)17-10-4-3-9-15/h5,7-8,11,14-16H,2-4,6,9-10H2,1H3. The van der Waals surface area contributed by atoms with Crippen LogP contribution in [0.3, 0.4) is 0 Å². The zero-order chi connectivity index (χ0) is 12.5. The van der Waals surface area contributed by atoms with Crippen LogP contribution in [0.4, 0.5) is 0 Å². The minimum atomic E-state index is -0.402. The van der Waals surface area contributed by atoms with Gasteiger partial charge in [-0.1, -0.05) is 25.5 Å². The van der Waals surface area contributed by atoms with Crippen molar-refractivity contribution >= 4 is 0 Å². The van der Waals surface area contributed by atoms with Gasteiger partial charge < -0.3 is 14.9 Å². The van der Waals surface area contributed by atoms with Crippen LogP contribution < -0.4 is 4.74 Å². The van der Waals surface area contributed by atoms with Gasteiger partial charge in [-0.05, 0) is 37.0 Å². The van der Waals surface area contributed by atoms with Crippen LogP contribution in [0.25, 0.3) is 0 Å². The van der Waals surface area contributed by atoms with Gasteiger partial charge in [-0.3, -0.25) is 0 Å². The highest BCUT2D eigenvalue weighted by Gasteiger charge is 2.06. The van der Waals surface area contributed by atoms with Gasteiger partial charge in [0.15, 0.2) is 0 Å². The van der Waals surface area contributed by atoms with E-state index in [0.29, 0.717) is 6.61 Å². The van der Waals surface area contributed by atoms with E-state index in [1.165, 1.54) is 0 Å². The smallest absolute Gasteiger partial charge is 0.119 e. The average molecular weight is 238 g/mol. The monoisotopic (exact) mass is 238 g/mol. The molecule has 1 aromatic carbocycles. The third-order valence-corrected chi connectivity index (χ3v) is 2.63. The SMILES string of the molecule is CCCC(O)c1cccc(OCCCCO)c1. The molecular formula is C14H22O3. The van der Waals surface area contributed by atoms with Crippen LogP contribution in [0.2, 0.25) is 0 Å². The topological polar surface area (TPSA) is 49.7 Å². The van der Waals surface area contributed by atoms with Crippen LogP contribution in [-0.2, 0) is 0 Å². The molecule has 0 heterocycles. The number of ether oxygens (including phenoxy) is 1. The van der Waals surface area contributed by atoms with Crippen molar-refractivity contribution in [3.8, 4) is 5.75 Å². The Balaban J connectivity index is 2.47. The highest BCUT2D eigenvalue weighted by atomic mass is 16.5. The summed E-state index contributed by atoms with van der Waals surface area (Å²) >= 11 is 0. The normalized spacial score (nSPS) is 12.4. The van der Waals surface area contributed by atoms with Crippen LogP contribution in [0.15, 0.2) is 24.3 Å². The van der Waals surface area contributed by atoms with Crippen molar-refractivity contribution in [2.24, 2.45) is 0 Å². The fourth-order valence-electron chi connectivity index (χ4n) is 1.66. The molecule has 1 unspecified atom stereocenters. The molecule has 1 aromatic rings. The second kappa shape index (κ2) is 8.09. The lowest BCUT2D eigenvalue weighted by molar-refractivity contribution is 0.166. The van der Waals surface area contributed by atoms with Gasteiger partial charge in [0.25, 0.3) is 0 Å². The summed E-state index contributed by atoms with van der Waals surface area (Å²) in [6, 6.07) is 7.59. The third kappa shape index (κ3) is 5.20. The Kier molecular flexibility index (Phi) is 6.67. The molecule has 0 fully saturated rings. The van der Waals surface area contributed by atoms with Crippen molar-refractivity contribution in [2.75, 3.05) is 13.2 Å². The summed E-state index contributed by atoms with van der Waals surface area (Å²) in [4.78, 5) is 0. The van der Waals surface area contributed by atoms with E-state index in [0.717, 1.165) is 37.0 Å². The Bertz CT molecular complexity index is 312. The molecule has 0 saturated heterocycles. The maximum absolute atomic E-state index is 9.87. The number of aliphatic hydroxyl groups excluding tert-OH is 2. The molecule has 0 saturated carbocycles. The first kappa shape index (κ1) is 14.0. The van der Waals surface area contributed by atoms with Crippen molar-refractivity contribution < 1.29 is 14.9 Å². The molecule has 96 valence electrons. The van der Waals surface area contributed by atoms with Crippen LogP contribution in [0.1, 0.15) is 44.3 Å². The van der Waals surface area contributed by atoms with Gasteiger partial charge in [-0.2, -0.15) is 0 Å². The molecule has 0 aliphatic carbocycles. The fraction of sp³-hybridized carbons (Fsp3) is 0.571. The molecular weight excluding hydrogens is 216 g/mol. The summed E-state index contributed by atoms with van der Waals surface area (Å²) in [5, 5.41) is 18.5. The molecule has 3 nitrogen and oxygen atoms in total. The van der Waals surface area contributed by atoms with Crippen LogP contribution >= 0.6 is 0 Å². The summed E-state index contributed by atoms with van der Waals surface area (Å²) in [5.74, 6) is 0.788. The zero-order valence-electron chi connectivity index (χ0n) is 10.4. The van der Waals surface area contributed by atoms with E-state index in [1.807, 2.05) is 24.3 Å². The first-order valence-corrected chi connectivity index (χ1v) is 6.29. The predicted octanol–water partition coefficient (Wildman–Crippen LogP) is 2.67. The second-order valence-corrected chi connectivity index (χ2v) is 4.16. The summed E-state index contributed by atoms with van der Waals surface area (Å²) in [7, 11) is 0. The lowest BCUT2D eigenvalue weighted by atomic mass is 10.1. The van der Waals surface area contributed by atoms with E-state index < -0.39 is 6.10 Å². The molecule has 0 aliphatic rings. The molecule has 0 aromatic heterocycles. The van der Waals surface area contributed by atoms with Gasteiger partial charge in [-0.15, -0.1) is 0 Å². The van der Waals surface area contributed by atoms with Crippen molar-refractivity contribution in [2.45, 2.75) is 38.7 Å². The number of benzene rings is 1. The van der Waals surface area contributed by atoms with Crippen LogP contribution in [0.5, 0.6) is 5.75 Å². The van der Waals surface area contributed by atoms with Gasteiger partial charge in [0.05, 0.1) is 12.7 Å². The fourth-order valence-corrected chi connectivity index (χ4v) is 1.66. The quantitative estimate of drug-likeness (QED) is 0.685. The minimum absolute atomic E-state index is 0.207. The Hall–Kier alpha value is -1.06. The third-order valence-electron chi connectivity index (χ3n) is 2.63. The van der Waals surface area contributed by atoms with E-state index in [-0.39, 0.29) is 6.61 Å². The molecule has 0 amide bonds. The van der Waals surface area contributed by atoms with Crippen molar-refractivity contribution in [3.63, 3.8) is 0 Å². The summed E-state index contributed by atoms with van der Waals surface area (Å²) in [6.07, 6.45) is 2.94. The maximum atomic E-state index is 9.87. The van der Waals surface area contributed by atoms with Crippen molar-refractivity contribution in [3.05, 3.63) is 29.8 Å². The van der Waals surface area contributed by atoms with Gasteiger partial charge in [0.1, 0.15) is 5.75 Å². The van der Waals surface area contributed by atoms with E-state index in [1.54, 1.807) is 0 Å². The van der Waals surface area contributed by atoms with E-state index in [2.05, 4.69) is 6.92 Å². The first-order chi connectivity index (χ1) is 8.27. The lowest BCUT2D eigenvalue weighted by Gasteiger charge is -2.12. The Morgan fingerprint density at radius 2 is 2.12 bits per heavy atom. The zero-order valence-corrected chi connectivity index (χ0v) is 10.4. The predicted molar refractivity (Wildman–Crippen MR) is 68.1 cm³/mol. The number of hydrogen-bond acceptors (Lipinski definition) is 3. The van der Waals surface area contributed by atoms with Gasteiger partial charge >= 0.3 is 0 Å². The van der Waals surface area contributed by atoms with Crippen molar-refractivity contribution in [1.82, 2.24) is 0 Å². The lowest BCUT2D eigenvalue weighted by Crippen LogP contribution is -2.01. The van der Waals surface area contributed by atoms with E-state index in [9.17, 15) is 5.11 Å². The van der Waals surface area contributed by atoms with Crippen LogP contribution in [-0.4, -0.2) is 23.4 Å². The molecule has 2 N–H and O–H groups in total. The molecule has 0 aliphatic heterocycles. The highest BCUT2D eigenvalue weighted by Crippen LogP contribution is 2.22. The number of unbranched alkanes of at least 4 members (excludes halogenated alkanes) is 1.